The van der Waals surface area contributed by atoms with Crippen molar-refractivity contribution in [3.63, 3.8) is 0 Å². The average molecular weight is 511 g/mol. The SMILES string of the molecule is CCOc1ccc(N2C(=O)NC(=O)/C(=C\c3cc(Cl)ccc3OCc3ccc(Cl)cc3)C2=O)cc1. The standard InChI is InChI=1S/C26H20Cl2N2O5/c1-2-34-21-10-8-20(9-11-21)30-25(32)22(24(31)29-26(30)33)14-17-13-19(28)7-12-23(17)35-15-16-3-5-18(27)6-4-16/h3-14H,2,15H2,1H3,(H,29,31,33)/b22-14+. The highest BCUT2D eigenvalue weighted by Crippen LogP contribution is 2.29. The summed E-state index contributed by atoms with van der Waals surface area (Å²) in [6.07, 6.45) is 1.36. The molecule has 1 saturated heterocycles. The van der Waals surface area contributed by atoms with Crippen LogP contribution in [0.15, 0.2) is 72.3 Å². The number of barbiturate groups is 1. The monoisotopic (exact) mass is 510 g/mol. The summed E-state index contributed by atoms with van der Waals surface area (Å²) in [7, 11) is 0. The minimum Gasteiger partial charge on any atom is -0.494 e. The van der Waals surface area contributed by atoms with Crippen molar-refractivity contribution >= 4 is 52.8 Å². The smallest absolute Gasteiger partial charge is 0.335 e. The summed E-state index contributed by atoms with van der Waals surface area (Å²) in [4.78, 5) is 39.2. The van der Waals surface area contributed by atoms with Crippen LogP contribution < -0.4 is 19.7 Å². The van der Waals surface area contributed by atoms with Gasteiger partial charge in [-0.1, -0.05) is 35.3 Å². The molecule has 0 spiro atoms. The zero-order valence-electron chi connectivity index (χ0n) is 18.6. The van der Waals surface area contributed by atoms with Crippen molar-refractivity contribution in [2.45, 2.75) is 13.5 Å². The van der Waals surface area contributed by atoms with Crippen LogP contribution >= 0.6 is 23.2 Å². The number of benzene rings is 3. The number of carbonyl (C=O) groups excluding carboxylic acids is 3. The first-order chi connectivity index (χ1) is 16.9. The maximum absolute atomic E-state index is 13.2. The molecule has 1 heterocycles. The Kier molecular flexibility index (Phi) is 7.39. The summed E-state index contributed by atoms with van der Waals surface area (Å²) in [5, 5.41) is 3.21. The number of ether oxygens (including phenoxy) is 2. The van der Waals surface area contributed by atoms with Gasteiger partial charge in [0, 0.05) is 15.6 Å². The van der Waals surface area contributed by atoms with Crippen molar-refractivity contribution < 1.29 is 23.9 Å². The highest BCUT2D eigenvalue weighted by molar-refractivity contribution is 6.39. The van der Waals surface area contributed by atoms with Gasteiger partial charge in [-0.15, -0.1) is 0 Å². The summed E-state index contributed by atoms with van der Waals surface area (Å²) in [5.41, 5.74) is 1.34. The number of rotatable bonds is 7. The van der Waals surface area contributed by atoms with Gasteiger partial charge in [0.25, 0.3) is 11.8 Å². The van der Waals surface area contributed by atoms with Crippen molar-refractivity contribution in [2.75, 3.05) is 11.5 Å². The van der Waals surface area contributed by atoms with Crippen molar-refractivity contribution in [2.24, 2.45) is 0 Å². The second-order valence-corrected chi connectivity index (χ2v) is 8.35. The van der Waals surface area contributed by atoms with Gasteiger partial charge in [0.2, 0.25) is 0 Å². The predicted octanol–water partition coefficient (Wildman–Crippen LogP) is 5.64. The largest absolute Gasteiger partial charge is 0.494 e. The Balaban J connectivity index is 1.63. The quantitative estimate of drug-likeness (QED) is 0.328. The van der Waals surface area contributed by atoms with Gasteiger partial charge in [0.15, 0.2) is 0 Å². The van der Waals surface area contributed by atoms with E-state index >= 15 is 0 Å². The Morgan fingerprint density at radius 2 is 1.57 bits per heavy atom. The van der Waals surface area contributed by atoms with Gasteiger partial charge >= 0.3 is 6.03 Å². The topological polar surface area (TPSA) is 84.9 Å². The van der Waals surface area contributed by atoms with Crippen molar-refractivity contribution in [1.29, 1.82) is 0 Å². The van der Waals surface area contributed by atoms with Crippen LogP contribution in [-0.4, -0.2) is 24.5 Å². The van der Waals surface area contributed by atoms with Gasteiger partial charge in [0.1, 0.15) is 23.7 Å². The van der Waals surface area contributed by atoms with Crippen LogP contribution in [0.3, 0.4) is 0 Å². The van der Waals surface area contributed by atoms with E-state index in [1.54, 1.807) is 54.6 Å². The van der Waals surface area contributed by atoms with Crippen molar-refractivity contribution in [3.05, 3.63) is 93.5 Å². The van der Waals surface area contributed by atoms with E-state index in [0.29, 0.717) is 39.4 Å². The average Bonchev–Trinajstić information content (AvgIpc) is 2.83. The molecule has 7 nitrogen and oxygen atoms in total. The highest BCUT2D eigenvalue weighted by Gasteiger charge is 2.37. The zero-order valence-corrected chi connectivity index (χ0v) is 20.1. The van der Waals surface area contributed by atoms with E-state index in [-0.39, 0.29) is 12.2 Å². The number of anilines is 1. The third kappa shape index (κ3) is 5.65. The van der Waals surface area contributed by atoms with Crippen LogP contribution in [0.1, 0.15) is 18.1 Å². The molecule has 4 amide bonds. The van der Waals surface area contributed by atoms with Gasteiger partial charge in [0.05, 0.1) is 12.3 Å². The molecule has 0 bridgehead atoms. The van der Waals surface area contributed by atoms with Crippen LogP contribution in [0.4, 0.5) is 10.5 Å². The number of amides is 4. The Morgan fingerprint density at radius 3 is 2.26 bits per heavy atom. The summed E-state index contributed by atoms with van der Waals surface area (Å²) >= 11 is 12.1. The number of urea groups is 1. The molecule has 178 valence electrons. The van der Waals surface area contributed by atoms with E-state index in [9.17, 15) is 14.4 Å². The van der Waals surface area contributed by atoms with Crippen LogP contribution in [0.5, 0.6) is 11.5 Å². The molecule has 0 aromatic heterocycles. The number of nitrogens with zero attached hydrogens (tertiary/aromatic N) is 1. The first-order valence-corrected chi connectivity index (χ1v) is 11.4. The lowest BCUT2D eigenvalue weighted by Gasteiger charge is -2.26. The van der Waals surface area contributed by atoms with E-state index in [1.165, 1.54) is 6.08 Å². The fraction of sp³-hybridized carbons (Fsp3) is 0.115. The number of halogens is 2. The zero-order chi connectivity index (χ0) is 24.9. The number of carbonyl (C=O) groups is 3. The Bertz CT molecular complexity index is 1300. The van der Waals surface area contributed by atoms with E-state index in [4.69, 9.17) is 32.7 Å². The molecular weight excluding hydrogens is 491 g/mol. The number of hydrogen-bond donors (Lipinski definition) is 1. The van der Waals surface area contributed by atoms with Crippen LogP contribution in [0.25, 0.3) is 6.08 Å². The summed E-state index contributed by atoms with van der Waals surface area (Å²) in [6.45, 7) is 2.55. The number of nitrogens with one attached hydrogen (secondary N) is 1. The second-order valence-electron chi connectivity index (χ2n) is 7.48. The second kappa shape index (κ2) is 10.6. The highest BCUT2D eigenvalue weighted by atomic mass is 35.5. The van der Waals surface area contributed by atoms with E-state index in [1.807, 2.05) is 19.1 Å². The van der Waals surface area contributed by atoms with Gasteiger partial charge < -0.3 is 9.47 Å². The number of imide groups is 2. The maximum atomic E-state index is 13.2. The third-order valence-electron chi connectivity index (χ3n) is 5.09. The van der Waals surface area contributed by atoms with Gasteiger partial charge in [-0.05, 0) is 73.2 Å². The molecule has 0 saturated carbocycles. The van der Waals surface area contributed by atoms with Crippen molar-refractivity contribution in [1.82, 2.24) is 5.32 Å². The molecule has 0 unspecified atom stereocenters. The lowest BCUT2D eigenvalue weighted by Crippen LogP contribution is -2.54. The summed E-state index contributed by atoms with van der Waals surface area (Å²) < 4.78 is 11.3. The molecular formula is C26H20Cl2N2O5. The molecule has 0 radical (unpaired) electrons. The molecule has 3 aromatic rings. The van der Waals surface area contributed by atoms with Crippen LogP contribution in [0, 0.1) is 0 Å². The Morgan fingerprint density at radius 1 is 0.886 bits per heavy atom. The van der Waals surface area contributed by atoms with E-state index in [0.717, 1.165) is 10.5 Å². The fourth-order valence-electron chi connectivity index (χ4n) is 3.41. The van der Waals surface area contributed by atoms with Gasteiger partial charge in [-0.25, -0.2) is 9.69 Å². The summed E-state index contributed by atoms with van der Waals surface area (Å²) in [5.74, 6) is -0.589. The lowest BCUT2D eigenvalue weighted by atomic mass is 10.1. The minimum absolute atomic E-state index is 0.228. The first-order valence-electron chi connectivity index (χ1n) is 10.7. The molecule has 3 aromatic carbocycles. The number of hydrogen-bond acceptors (Lipinski definition) is 5. The molecule has 1 aliphatic heterocycles. The fourth-order valence-corrected chi connectivity index (χ4v) is 3.72. The third-order valence-corrected chi connectivity index (χ3v) is 5.57. The normalized spacial score (nSPS) is 14.8. The molecule has 9 heteroatoms. The van der Waals surface area contributed by atoms with Gasteiger partial charge in [-0.3, -0.25) is 14.9 Å². The van der Waals surface area contributed by atoms with Crippen molar-refractivity contribution in [3.8, 4) is 11.5 Å². The molecule has 35 heavy (non-hydrogen) atoms. The Hall–Kier alpha value is -3.81. The van der Waals surface area contributed by atoms with Gasteiger partial charge in [-0.2, -0.15) is 0 Å². The van der Waals surface area contributed by atoms with Crippen LogP contribution in [-0.2, 0) is 16.2 Å². The predicted molar refractivity (Wildman–Crippen MR) is 134 cm³/mol. The first kappa shape index (κ1) is 24.3. The molecule has 1 fully saturated rings. The maximum Gasteiger partial charge on any atom is 0.335 e. The Labute approximate surface area is 211 Å². The molecule has 0 aliphatic carbocycles. The lowest BCUT2D eigenvalue weighted by molar-refractivity contribution is -0.122. The molecule has 1 aliphatic rings. The molecule has 0 atom stereocenters. The molecule has 1 N–H and O–H groups in total. The van der Waals surface area contributed by atoms with E-state index in [2.05, 4.69) is 5.32 Å². The summed E-state index contributed by atoms with van der Waals surface area (Å²) in [6, 6.07) is 17.6. The van der Waals surface area contributed by atoms with E-state index < -0.39 is 17.8 Å². The van der Waals surface area contributed by atoms with Crippen LogP contribution in [0.2, 0.25) is 10.0 Å². The minimum atomic E-state index is -0.841. The molecule has 4 rings (SSSR count).